The molecule has 0 spiro atoms. The van der Waals surface area contributed by atoms with Crippen LogP contribution in [0.2, 0.25) is 24.2 Å². The Balaban J connectivity index is 5.51. The van der Waals surface area contributed by atoms with Gasteiger partial charge in [-0.3, -0.25) is 0 Å². The molecule has 0 bridgehead atoms. The van der Waals surface area contributed by atoms with Crippen molar-refractivity contribution in [1.29, 1.82) is 0 Å². The Kier molecular flexibility index (Phi) is 22.8. The van der Waals surface area contributed by atoms with E-state index < -0.39 is 9.05 Å². The van der Waals surface area contributed by atoms with Crippen LogP contribution < -0.4 is 0 Å². The van der Waals surface area contributed by atoms with E-state index in [1.54, 1.807) is 0 Å². The second-order valence-corrected chi connectivity index (χ2v) is 13.1. The van der Waals surface area contributed by atoms with Gasteiger partial charge in [0.25, 0.3) is 0 Å². The minimum Gasteiger partial charge on any atom is -0.348 e. The van der Waals surface area contributed by atoms with Crippen molar-refractivity contribution in [3.8, 4) is 0 Å². The first kappa shape index (κ1) is 33.9. The molecular formula is C24H48O4Si5. The quantitative estimate of drug-likeness (QED) is 0.110. The van der Waals surface area contributed by atoms with Gasteiger partial charge >= 0.3 is 9.05 Å². The Morgan fingerprint density at radius 2 is 0.636 bits per heavy atom. The maximum Gasteiger partial charge on any atom is 0.680 e. The van der Waals surface area contributed by atoms with Gasteiger partial charge < -0.3 is 17.7 Å². The molecule has 0 rings (SSSR count). The highest BCUT2D eigenvalue weighted by Gasteiger charge is 2.51. The summed E-state index contributed by atoms with van der Waals surface area (Å²) in [6.07, 6.45) is 13.0. The van der Waals surface area contributed by atoms with Gasteiger partial charge in [0.1, 0.15) is 0 Å². The molecule has 0 aromatic rings. The molecule has 0 amide bonds. The van der Waals surface area contributed by atoms with Crippen molar-refractivity contribution in [2.75, 3.05) is 0 Å². The second kappa shape index (κ2) is 22.1. The van der Waals surface area contributed by atoms with Crippen LogP contribution in [-0.4, -0.2) is 74.4 Å². The summed E-state index contributed by atoms with van der Waals surface area (Å²) in [6, 6.07) is 4.05. The summed E-state index contributed by atoms with van der Waals surface area (Å²) >= 11 is 0. The highest BCUT2D eigenvalue weighted by molar-refractivity contribution is 6.53. The smallest absolute Gasteiger partial charge is 0.348 e. The average Bonchev–Trinajstić information content (AvgIpc) is 2.74. The normalized spacial score (nSPS) is 17.5. The molecule has 4 atom stereocenters. The first-order valence-electron chi connectivity index (χ1n) is 13.1. The van der Waals surface area contributed by atoms with Gasteiger partial charge in [-0.15, -0.1) is 0 Å². The Morgan fingerprint density at radius 3 is 0.818 bits per heavy atom. The fourth-order valence-corrected chi connectivity index (χ4v) is 7.39. The lowest BCUT2D eigenvalue weighted by molar-refractivity contribution is -0.100. The first-order chi connectivity index (χ1) is 15.8. The second-order valence-electron chi connectivity index (χ2n) is 9.20. The predicted molar refractivity (Wildman–Crippen MR) is 146 cm³/mol. The Labute approximate surface area is 220 Å². The van der Waals surface area contributed by atoms with Crippen LogP contribution in [-0.2, 0) is 17.7 Å². The molecule has 0 aliphatic rings. The van der Waals surface area contributed by atoms with E-state index in [2.05, 4.69) is 68.7 Å². The summed E-state index contributed by atoms with van der Waals surface area (Å²) in [7, 11) is 11.0. The van der Waals surface area contributed by atoms with Crippen molar-refractivity contribution >= 4 is 50.0 Å². The summed E-state index contributed by atoms with van der Waals surface area (Å²) in [6.45, 7) is 8.52. The Bertz CT molecular complexity index is 356. The van der Waals surface area contributed by atoms with Crippen molar-refractivity contribution in [2.24, 2.45) is 0 Å². The van der Waals surface area contributed by atoms with E-state index in [9.17, 15) is 0 Å². The molecule has 12 radical (unpaired) electrons. The summed E-state index contributed by atoms with van der Waals surface area (Å²) < 4.78 is 26.6. The van der Waals surface area contributed by atoms with Crippen LogP contribution in [0.4, 0.5) is 0 Å². The van der Waals surface area contributed by atoms with Crippen LogP contribution in [0.25, 0.3) is 0 Å². The summed E-state index contributed by atoms with van der Waals surface area (Å²) in [5, 5.41) is 0. The fraction of sp³-hybridized carbons (Fsp3) is 1.00. The van der Waals surface area contributed by atoms with Crippen LogP contribution in [0.3, 0.4) is 0 Å². The van der Waals surface area contributed by atoms with Gasteiger partial charge in [0.2, 0.25) is 0 Å². The molecule has 9 heteroatoms. The molecular weight excluding hydrogens is 493 g/mol. The van der Waals surface area contributed by atoms with Crippen LogP contribution in [0.15, 0.2) is 0 Å². The van der Waals surface area contributed by atoms with Gasteiger partial charge in [-0.2, -0.15) is 0 Å². The van der Waals surface area contributed by atoms with Crippen molar-refractivity contribution < 1.29 is 17.7 Å². The average molecular weight is 541 g/mol. The minimum atomic E-state index is -3.34. The van der Waals surface area contributed by atoms with Gasteiger partial charge in [0, 0.05) is 65.4 Å². The maximum absolute atomic E-state index is 6.64. The molecule has 0 aliphatic heterocycles. The van der Waals surface area contributed by atoms with E-state index in [4.69, 9.17) is 17.7 Å². The van der Waals surface area contributed by atoms with E-state index >= 15 is 0 Å². The monoisotopic (exact) mass is 540 g/mol. The van der Waals surface area contributed by atoms with Gasteiger partial charge in [-0.05, 0) is 53.4 Å². The minimum absolute atomic E-state index is 0.0354. The third-order valence-corrected chi connectivity index (χ3v) is 9.71. The maximum atomic E-state index is 6.64. The van der Waals surface area contributed by atoms with Gasteiger partial charge in [-0.1, -0.05) is 75.5 Å². The van der Waals surface area contributed by atoms with Crippen LogP contribution in [0.5, 0.6) is 0 Å². The number of rotatable bonds is 24. The van der Waals surface area contributed by atoms with E-state index in [1.807, 2.05) is 0 Å². The topological polar surface area (TPSA) is 36.9 Å². The van der Waals surface area contributed by atoms with Crippen LogP contribution >= 0.6 is 0 Å². The standard InChI is InChI=1S/C24H48O4Si5/c1-21(13-5-9-17-29)25-33(26-22(2)14-6-10-18-30,27-23(3)15-7-11-19-31)28-24(4)16-8-12-20-32/h21-24H,5-20H2,1-4H3. The van der Waals surface area contributed by atoms with Crippen molar-refractivity contribution in [2.45, 2.75) is 153 Å². The molecule has 0 N–H and O–H groups in total. The summed E-state index contributed by atoms with van der Waals surface area (Å²) in [5.74, 6) is 0. The van der Waals surface area contributed by atoms with E-state index in [0.29, 0.717) is 0 Å². The molecule has 0 fully saturated rings. The zero-order chi connectivity index (χ0) is 25.0. The molecule has 4 unspecified atom stereocenters. The van der Waals surface area contributed by atoms with E-state index in [0.717, 1.165) is 101 Å². The van der Waals surface area contributed by atoms with Crippen molar-refractivity contribution in [1.82, 2.24) is 0 Å². The predicted octanol–water partition coefficient (Wildman–Crippen LogP) is 6.07. The Morgan fingerprint density at radius 1 is 0.424 bits per heavy atom. The highest BCUT2D eigenvalue weighted by Crippen LogP contribution is 2.26. The lowest BCUT2D eigenvalue weighted by Crippen LogP contribution is -2.56. The molecule has 0 saturated heterocycles. The number of unbranched alkanes of at least 4 members (excludes halogenated alkanes) is 4. The summed E-state index contributed by atoms with van der Waals surface area (Å²) in [4.78, 5) is 0. The molecule has 4 nitrogen and oxygen atoms in total. The first-order valence-corrected chi connectivity index (χ1v) is 17.6. The van der Waals surface area contributed by atoms with E-state index in [1.165, 1.54) is 0 Å². The molecule has 0 aromatic heterocycles. The molecule has 0 saturated carbocycles. The largest absolute Gasteiger partial charge is 0.680 e. The van der Waals surface area contributed by atoms with Gasteiger partial charge in [0.15, 0.2) is 0 Å². The molecule has 0 heterocycles. The third-order valence-electron chi connectivity index (χ3n) is 5.53. The summed E-state index contributed by atoms with van der Waals surface area (Å²) in [5.41, 5.74) is 0. The highest BCUT2D eigenvalue weighted by atomic mass is 28.4. The van der Waals surface area contributed by atoms with Crippen molar-refractivity contribution in [3.63, 3.8) is 0 Å². The van der Waals surface area contributed by atoms with Gasteiger partial charge in [0.05, 0.1) is 0 Å². The molecule has 0 aliphatic carbocycles. The SMILES string of the molecule is CC(CCCC[Si])O[Si](OC(C)CCCC[Si])(OC(C)CCCC[Si])OC(C)CCCC[Si]. The van der Waals surface area contributed by atoms with E-state index in [-0.39, 0.29) is 24.4 Å². The number of hydrogen-bond donors (Lipinski definition) is 0. The molecule has 0 aromatic carbocycles. The fourth-order valence-electron chi connectivity index (χ4n) is 3.62. The zero-order valence-corrected chi connectivity index (χ0v) is 26.8. The van der Waals surface area contributed by atoms with Crippen LogP contribution in [0.1, 0.15) is 105 Å². The van der Waals surface area contributed by atoms with Crippen LogP contribution in [0, 0.1) is 0 Å². The molecule has 188 valence electrons. The van der Waals surface area contributed by atoms with Crippen molar-refractivity contribution in [3.05, 3.63) is 0 Å². The third kappa shape index (κ3) is 18.8. The molecule has 33 heavy (non-hydrogen) atoms. The zero-order valence-electron chi connectivity index (χ0n) is 21.8. The van der Waals surface area contributed by atoms with Gasteiger partial charge in [-0.25, -0.2) is 0 Å². The Hall–Kier alpha value is 0.924. The number of hydrogen-bond acceptors (Lipinski definition) is 4. The lowest BCUT2D eigenvalue weighted by atomic mass is 10.2. The lowest BCUT2D eigenvalue weighted by Gasteiger charge is -2.36.